The summed E-state index contributed by atoms with van der Waals surface area (Å²) in [6.45, 7) is 8.16. The van der Waals surface area contributed by atoms with Gasteiger partial charge in [0.1, 0.15) is 42.0 Å². The molecule has 0 spiro atoms. The lowest BCUT2D eigenvalue weighted by Gasteiger charge is -2.30. The molecule has 1 fully saturated rings. The normalized spacial score (nSPS) is 16.9. The molecule has 19 nitrogen and oxygen atoms in total. The summed E-state index contributed by atoms with van der Waals surface area (Å²) in [5, 5.41) is 39.3. The number of likely N-dealkylation sites (tertiary alicyclic amines) is 1. The summed E-state index contributed by atoms with van der Waals surface area (Å²) in [5.74, 6) is -5.22. The van der Waals surface area contributed by atoms with Crippen LogP contribution in [-0.4, -0.2) is 130 Å². The third-order valence-electron chi connectivity index (χ3n) is 8.58. The second-order valence-corrected chi connectivity index (χ2v) is 14.9. The van der Waals surface area contributed by atoms with Crippen LogP contribution in [-0.2, 0) is 39.9 Å². The number of carboxylic acids is 1. The van der Waals surface area contributed by atoms with Crippen LogP contribution in [0.3, 0.4) is 0 Å². The zero-order valence-electron chi connectivity index (χ0n) is 32.2. The number of nitrogens with two attached hydrogens (primary N) is 3. The highest BCUT2D eigenvalue weighted by Crippen LogP contribution is 2.20. The van der Waals surface area contributed by atoms with E-state index in [-0.39, 0.29) is 69.4 Å². The molecule has 0 aliphatic carbocycles. The fraction of sp³-hybridized carbons (Fsp3) is 0.639. The summed E-state index contributed by atoms with van der Waals surface area (Å²) in [4.78, 5) is 85.1. The van der Waals surface area contributed by atoms with Crippen molar-refractivity contribution in [1.29, 1.82) is 0 Å². The number of guanidine groups is 1. The van der Waals surface area contributed by atoms with Crippen molar-refractivity contribution in [2.75, 3.05) is 26.3 Å². The lowest BCUT2D eigenvalue weighted by atomic mass is 10.0. The number of amides is 5. The Balaban J connectivity index is 2.39. The summed E-state index contributed by atoms with van der Waals surface area (Å²) in [6, 6.07) is -1.56. The van der Waals surface area contributed by atoms with E-state index in [1.54, 1.807) is 32.9 Å². The van der Waals surface area contributed by atoms with Crippen LogP contribution in [0.1, 0.15) is 72.3 Å². The van der Waals surface area contributed by atoms with E-state index >= 15 is 0 Å². The largest absolute Gasteiger partial charge is 0.508 e. The Morgan fingerprint density at radius 1 is 0.909 bits per heavy atom. The number of rotatable bonds is 21. The average Bonchev–Trinajstić information content (AvgIpc) is 3.60. The molecule has 13 N–H and O–H groups in total. The first-order valence-corrected chi connectivity index (χ1v) is 18.3. The minimum absolute atomic E-state index is 0.0192. The number of hydrogen-bond donors (Lipinski definition) is 10. The zero-order chi connectivity index (χ0) is 41.5. The SMILES string of the molecule is CC(C)C[C@H](NC(=O)[C@@H](COC(C)(C)C)NC(=O)[C@H](Cc1ccc(O)cc1)NC(=O)[C@@H](N)CO)C(=O)N[C@@H](CCCN=C(N)N)C(=O)N1CCC[C@H]1C(=O)O. The Morgan fingerprint density at radius 2 is 1.47 bits per heavy atom. The Labute approximate surface area is 321 Å². The number of carbonyl (C=O) groups is 6. The van der Waals surface area contributed by atoms with Crippen LogP contribution in [0.2, 0.25) is 0 Å². The standard InChI is InChI=1S/C36H59N9O10/c1-20(2)16-25(30(49)41-24(8-6-14-40-35(38)39)33(52)45-15-7-9-28(45)34(53)54)43-32(51)27(19-55-36(3,4)5)44-31(50)26(42-29(48)23(37)18-46)17-21-10-12-22(47)13-11-21/h10-13,20,23-28,46-47H,6-9,14-19,37H2,1-5H3,(H,41,49)(H,42,48)(H,43,51)(H,44,50)(H,53,54)(H4,38,39,40)/t23-,24-,25-,26-,27+,28-/m0/s1. The van der Waals surface area contributed by atoms with Crippen molar-refractivity contribution in [3.05, 3.63) is 29.8 Å². The maximum absolute atomic E-state index is 14.0. The highest BCUT2D eigenvalue weighted by atomic mass is 16.5. The monoisotopic (exact) mass is 777 g/mol. The molecule has 1 aromatic carbocycles. The van der Waals surface area contributed by atoms with Crippen LogP contribution >= 0.6 is 0 Å². The van der Waals surface area contributed by atoms with Gasteiger partial charge in [-0.3, -0.25) is 29.0 Å². The summed E-state index contributed by atoms with van der Waals surface area (Å²) in [6.07, 6.45) is 1.11. The molecular weight excluding hydrogens is 718 g/mol. The highest BCUT2D eigenvalue weighted by molar-refractivity contribution is 5.96. The molecule has 2 rings (SSSR count). The smallest absolute Gasteiger partial charge is 0.326 e. The van der Waals surface area contributed by atoms with E-state index in [1.165, 1.54) is 17.0 Å². The minimum Gasteiger partial charge on any atom is -0.508 e. The van der Waals surface area contributed by atoms with Gasteiger partial charge in [-0.2, -0.15) is 0 Å². The van der Waals surface area contributed by atoms with Crippen LogP contribution in [0.25, 0.3) is 0 Å². The number of aliphatic imine (C=N–C) groups is 1. The second-order valence-electron chi connectivity index (χ2n) is 14.9. The van der Waals surface area contributed by atoms with Crippen LogP contribution in [0, 0.1) is 5.92 Å². The number of aliphatic carboxylic acids is 1. The van der Waals surface area contributed by atoms with Crippen molar-refractivity contribution in [3.63, 3.8) is 0 Å². The first-order valence-electron chi connectivity index (χ1n) is 18.3. The molecule has 0 unspecified atom stereocenters. The number of aliphatic hydroxyl groups is 1. The first-order chi connectivity index (χ1) is 25.7. The summed E-state index contributed by atoms with van der Waals surface area (Å²) >= 11 is 0. The molecule has 308 valence electrons. The van der Waals surface area contributed by atoms with Crippen molar-refractivity contribution in [2.24, 2.45) is 28.1 Å². The van der Waals surface area contributed by atoms with Gasteiger partial charge in [0.2, 0.25) is 29.5 Å². The molecule has 0 aromatic heterocycles. The molecule has 0 bridgehead atoms. The number of aliphatic hydroxyl groups excluding tert-OH is 1. The number of carbonyl (C=O) groups excluding carboxylic acids is 5. The number of carboxylic acid groups (broad SMARTS) is 1. The lowest BCUT2D eigenvalue weighted by Crippen LogP contribution is -2.61. The van der Waals surface area contributed by atoms with E-state index in [4.69, 9.17) is 21.9 Å². The molecule has 1 heterocycles. The number of phenols is 1. The average molecular weight is 778 g/mol. The molecule has 1 aliphatic rings. The summed E-state index contributed by atoms with van der Waals surface area (Å²) < 4.78 is 5.87. The lowest BCUT2D eigenvalue weighted by molar-refractivity contribution is -0.149. The van der Waals surface area contributed by atoms with E-state index < -0.39 is 84.0 Å². The van der Waals surface area contributed by atoms with Gasteiger partial charge in [0, 0.05) is 19.5 Å². The minimum atomic E-state index is -1.39. The molecule has 0 radical (unpaired) electrons. The van der Waals surface area contributed by atoms with E-state index in [1.807, 2.05) is 13.8 Å². The van der Waals surface area contributed by atoms with Gasteiger partial charge in [-0.1, -0.05) is 26.0 Å². The molecule has 5 amide bonds. The first kappa shape index (κ1) is 46.1. The van der Waals surface area contributed by atoms with E-state index in [0.29, 0.717) is 12.0 Å². The van der Waals surface area contributed by atoms with Crippen molar-refractivity contribution in [1.82, 2.24) is 26.2 Å². The number of nitrogens with one attached hydrogen (secondary N) is 4. The van der Waals surface area contributed by atoms with Gasteiger partial charge in [0.05, 0.1) is 18.8 Å². The molecule has 55 heavy (non-hydrogen) atoms. The van der Waals surface area contributed by atoms with E-state index in [2.05, 4.69) is 26.3 Å². The number of phenolic OH excluding ortho intramolecular Hbond substituents is 1. The third-order valence-corrected chi connectivity index (χ3v) is 8.58. The van der Waals surface area contributed by atoms with Gasteiger partial charge < -0.3 is 63.4 Å². The number of aromatic hydroxyl groups is 1. The predicted molar refractivity (Wildman–Crippen MR) is 202 cm³/mol. The van der Waals surface area contributed by atoms with Crippen molar-refractivity contribution < 1.29 is 48.8 Å². The Kier molecular flexibility index (Phi) is 18.3. The Bertz CT molecular complexity index is 1500. The molecule has 0 saturated carbocycles. The van der Waals surface area contributed by atoms with Crippen LogP contribution in [0.15, 0.2) is 29.3 Å². The summed E-state index contributed by atoms with van der Waals surface area (Å²) in [7, 11) is 0. The topological polar surface area (TPSA) is 314 Å². The zero-order valence-corrected chi connectivity index (χ0v) is 32.2. The van der Waals surface area contributed by atoms with E-state index in [0.717, 1.165) is 0 Å². The van der Waals surface area contributed by atoms with Crippen molar-refractivity contribution in [3.8, 4) is 5.75 Å². The Morgan fingerprint density at radius 3 is 2.04 bits per heavy atom. The van der Waals surface area contributed by atoms with Gasteiger partial charge in [-0.05, 0) is 76.5 Å². The van der Waals surface area contributed by atoms with Gasteiger partial charge in [0.25, 0.3) is 0 Å². The number of benzene rings is 1. The molecule has 6 atom stereocenters. The number of hydrogen-bond acceptors (Lipinski definition) is 11. The fourth-order valence-corrected chi connectivity index (χ4v) is 5.72. The Hall–Kier alpha value is -5.01. The van der Waals surface area contributed by atoms with Crippen LogP contribution in [0.4, 0.5) is 0 Å². The van der Waals surface area contributed by atoms with Gasteiger partial charge in [0.15, 0.2) is 5.96 Å². The summed E-state index contributed by atoms with van der Waals surface area (Å²) in [5.41, 5.74) is 16.3. The van der Waals surface area contributed by atoms with Gasteiger partial charge >= 0.3 is 5.97 Å². The van der Waals surface area contributed by atoms with Crippen molar-refractivity contribution >= 4 is 41.5 Å². The molecule has 1 aliphatic heterocycles. The molecular formula is C36H59N9O10. The quantitative estimate of drug-likeness (QED) is 0.0374. The predicted octanol–water partition coefficient (Wildman–Crippen LogP) is -1.82. The molecule has 19 heteroatoms. The number of nitrogens with zero attached hydrogens (tertiary/aromatic N) is 2. The maximum Gasteiger partial charge on any atom is 0.326 e. The molecule has 1 aromatic rings. The van der Waals surface area contributed by atoms with Gasteiger partial charge in [-0.15, -0.1) is 0 Å². The third kappa shape index (κ3) is 16.1. The second kappa shape index (κ2) is 21.8. The van der Waals surface area contributed by atoms with Crippen LogP contribution < -0.4 is 38.5 Å². The van der Waals surface area contributed by atoms with E-state index in [9.17, 15) is 44.1 Å². The maximum atomic E-state index is 14.0. The molecule has 1 saturated heterocycles. The van der Waals surface area contributed by atoms with Crippen LogP contribution in [0.5, 0.6) is 5.75 Å². The fourth-order valence-electron chi connectivity index (χ4n) is 5.72. The number of ether oxygens (including phenoxy) is 1. The highest BCUT2D eigenvalue weighted by Gasteiger charge is 2.39. The van der Waals surface area contributed by atoms with Crippen molar-refractivity contribution in [2.45, 2.75) is 115 Å². The van der Waals surface area contributed by atoms with Gasteiger partial charge in [-0.25, -0.2) is 4.79 Å².